The van der Waals surface area contributed by atoms with Gasteiger partial charge < -0.3 is 0 Å². The highest BCUT2D eigenvalue weighted by Gasteiger charge is 2.09. The maximum Gasteiger partial charge on any atom is 0.213 e. The van der Waals surface area contributed by atoms with E-state index < -0.39 is 0 Å². The van der Waals surface area contributed by atoms with Gasteiger partial charge in [-0.25, -0.2) is 4.98 Å². The van der Waals surface area contributed by atoms with Crippen molar-refractivity contribution in [2.45, 2.75) is 33.1 Å². The van der Waals surface area contributed by atoms with E-state index in [0.29, 0.717) is 10.7 Å². The maximum absolute atomic E-state index is 4.94. The zero-order chi connectivity index (χ0) is 12.4. The summed E-state index contributed by atoms with van der Waals surface area (Å²) in [5.74, 6) is 1.35. The monoisotopic (exact) mass is 247 g/mol. The van der Waals surface area contributed by atoms with Crippen molar-refractivity contribution < 1.29 is 0 Å². The Balaban J connectivity index is 2.16. The van der Waals surface area contributed by atoms with Crippen molar-refractivity contribution in [2.75, 3.05) is 0 Å². The van der Waals surface area contributed by atoms with Crippen LogP contribution in [0, 0.1) is 18.6 Å². The second-order valence-electron chi connectivity index (χ2n) is 4.56. The number of aromatic amines is 2. The van der Waals surface area contributed by atoms with E-state index in [2.05, 4.69) is 54.2 Å². The van der Waals surface area contributed by atoms with E-state index in [1.807, 2.05) is 0 Å². The van der Waals surface area contributed by atoms with Crippen LogP contribution in [-0.2, 0) is 6.42 Å². The molecule has 1 atom stereocenters. The number of benzene rings is 1. The third-order valence-electron chi connectivity index (χ3n) is 3.15. The molecule has 3 nitrogen and oxygen atoms in total. The average molecular weight is 247 g/mol. The van der Waals surface area contributed by atoms with Gasteiger partial charge in [-0.15, -0.1) is 0 Å². The fourth-order valence-electron chi connectivity index (χ4n) is 1.88. The van der Waals surface area contributed by atoms with E-state index in [1.165, 1.54) is 16.7 Å². The molecular weight excluding hydrogens is 230 g/mol. The van der Waals surface area contributed by atoms with Crippen LogP contribution in [0.15, 0.2) is 18.2 Å². The third-order valence-corrected chi connectivity index (χ3v) is 3.34. The predicted molar refractivity (Wildman–Crippen MR) is 71.8 cm³/mol. The molecule has 2 N–H and O–H groups in total. The average Bonchev–Trinajstić information content (AvgIpc) is 2.68. The molecule has 0 amide bonds. The van der Waals surface area contributed by atoms with Crippen LogP contribution < -0.4 is 0 Å². The first-order valence-electron chi connectivity index (χ1n) is 5.77. The highest BCUT2D eigenvalue weighted by Crippen LogP contribution is 2.21. The number of rotatable bonds is 3. The molecule has 17 heavy (non-hydrogen) atoms. The number of nitrogens with zero attached hydrogens (tertiary/aromatic N) is 1. The van der Waals surface area contributed by atoms with Gasteiger partial charge in [0.15, 0.2) is 0 Å². The van der Waals surface area contributed by atoms with E-state index >= 15 is 0 Å². The minimum Gasteiger partial charge on any atom is -0.286 e. The lowest BCUT2D eigenvalue weighted by Crippen LogP contribution is -2.01. The summed E-state index contributed by atoms with van der Waals surface area (Å²) in [6.07, 6.45) is 0.871. The van der Waals surface area contributed by atoms with Gasteiger partial charge in [0.05, 0.1) is 0 Å². The van der Waals surface area contributed by atoms with Gasteiger partial charge in [0, 0.05) is 6.42 Å². The molecule has 90 valence electrons. The number of nitrogens with one attached hydrogen (secondary N) is 2. The van der Waals surface area contributed by atoms with E-state index in [-0.39, 0.29) is 0 Å². The molecule has 0 bridgehead atoms. The Morgan fingerprint density at radius 3 is 2.59 bits per heavy atom. The first kappa shape index (κ1) is 12.0. The fourth-order valence-corrected chi connectivity index (χ4v) is 2.04. The van der Waals surface area contributed by atoms with E-state index in [0.717, 1.165) is 12.2 Å². The van der Waals surface area contributed by atoms with Crippen LogP contribution in [0.25, 0.3) is 0 Å². The van der Waals surface area contributed by atoms with E-state index in [1.54, 1.807) is 0 Å². The Hall–Kier alpha value is -1.42. The predicted octanol–water partition coefficient (Wildman–Crippen LogP) is 3.43. The van der Waals surface area contributed by atoms with Gasteiger partial charge in [0.1, 0.15) is 5.82 Å². The standard InChI is InChI=1S/C13H17N3S/c1-8-4-5-11(6-9(8)2)10(3)7-12-14-13(17)16-15-12/h4-6,10H,7H2,1-3H3,(H2,14,15,16,17). The summed E-state index contributed by atoms with van der Waals surface area (Å²) >= 11 is 4.94. The van der Waals surface area contributed by atoms with Gasteiger partial charge in [0.2, 0.25) is 4.77 Å². The minimum atomic E-state index is 0.434. The Morgan fingerprint density at radius 2 is 2.00 bits per heavy atom. The summed E-state index contributed by atoms with van der Waals surface area (Å²) in [7, 11) is 0. The van der Waals surface area contributed by atoms with Crippen molar-refractivity contribution in [2.24, 2.45) is 0 Å². The number of aryl methyl sites for hydroxylation is 2. The van der Waals surface area contributed by atoms with Gasteiger partial charge in [-0.2, -0.15) is 0 Å². The molecule has 2 aromatic rings. The Kier molecular flexibility index (Phi) is 3.43. The Labute approximate surface area is 106 Å². The van der Waals surface area contributed by atoms with E-state index in [4.69, 9.17) is 12.2 Å². The first-order chi connectivity index (χ1) is 8.06. The third kappa shape index (κ3) is 2.82. The molecule has 1 aromatic carbocycles. The quantitative estimate of drug-likeness (QED) is 0.816. The van der Waals surface area contributed by atoms with Crippen LogP contribution in [-0.4, -0.2) is 15.2 Å². The van der Waals surface area contributed by atoms with Crippen molar-refractivity contribution in [3.05, 3.63) is 45.5 Å². The van der Waals surface area contributed by atoms with Crippen molar-refractivity contribution in [1.29, 1.82) is 0 Å². The molecule has 0 spiro atoms. The molecule has 0 fully saturated rings. The summed E-state index contributed by atoms with van der Waals surface area (Å²) in [6, 6.07) is 6.61. The highest BCUT2D eigenvalue weighted by molar-refractivity contribution is 7.71. The molecule has 0 saturated heterocycles. The molecule has 4 heteroatoms. The second-order valence-corrected chi connectivity index (χ2v) is 4.95. The lowest BCUT2D eigenvalue weighted by Gasteiger charge is -2.12. The molecule has 1 unspecified atom stereocenters. The van der Waals surface area contributed by atoms with Gasteiger partial charge in [-0.3, -0.25) is 10.2 Å². The van der Waals surface area contributed by atoms with Crippen LogP contribution in [0.4, 0.5) is 0 Å². The fraction of sp³-hybridized carbons (Fsp3) is 0.385. The number of aromatic nitrogens is 3. The molecule has 0 radical (unpaired) electrons. The maximum atomic E-state index is 4.94. The Morgan fingerprint density at radius 1 is 1.24 bits per heavy atom. The number of hydrogen-bond donors (Lipinski definition) is 2. The first-order valence-corrected chi connectivity index (χ1v) is 6.18. The lowest BCUT2D eigenvalue weighted by molar-refractivity contribution is 0.720. The van der Waals surface area contributed by atoms with Crippen molar-refractivity contribution in [3.63, 3.8) is 0 Å². The smallest absolute Gasteiger partial charge is 0.213 e. The van der Waals surface area contributed by atoms with Crippen molar-refractivity contribution in [1.82, 2.24) is 15.2 Å². The summed E-state index contributed by atoms with van der Waals surface area (Å²) in [4.78, 5) is 4.22. The summed E-state index contributed by atoms with van der Waals surface area (Å²) < 4.78 is 0.521. The summed E-state index contributed by atoms with van der Waals surface area (Å²) in [5, 5.41) is 5.82. The SMILES string of the molecule is Cc1ccc(C(C)Cc2nc(=S)[nH][nH]2)cc1C. The summed E-state index contributed by atoms with van der Waals surface area (Å²) in [6.45, 7) is 6.48. The van der Waals surface area contributed by atoms with E-state index in [9.17, 15) is 0 Å². The van der Waals surface area contributed by atoms with Crippen molar-refractivity contribution >= 4 is 12.2 Å². The van der Waals surface area contributed by atoms with Gasteiger partial charge >= 0.3 is 0 Å². The van der Waals surface area contributed by atoms with Gasteiger partial charge in [-0.1, -0.05) is 25.1 Å². The molecule has 0 aliphatic heterocycles. The summed E-state index contributed by atoms with van der Waals surface area (Å²) in [5.41, 5.74) is 4.01. The Bertz CT molecular complexity index is 568. The number of H-pyrrole nitrogens is 2. The molecule has 1 heterocycles. The van der Waals surface area contributed by atoms with Crippen LogP contribution in [0.3, 0.4) is 0 Å². The zero-order valence-electron chi connectivity index (χ0n) is 10.4. The van der Waals surface area contributed by atoms with Crippen LogP contribution in [0.5, 0.6) is 0 Å². The molecular formula is C13H17N3S. The minimum absolute atomic E-state index is 0.434. The second kappa shape index (κ2) is 4.84. The zero-order valence-corrected chi connectivity index (χ0v) is 11.2. The normalized spacial score (nSPS) is 12.6. The number of hydrogen-bond acceptors (Lipinski definition) is 2. The van der Waals surface area contributed by atoms with Crippen molar-refractivity contribution in [3.8, 4) is 0 Å². The van der Waals surface area contributed by atoms with Crippen LogP contribution in [0.2, 0.25) is 0 Å². The molecule has 2 rings (SSSR count). The molecule has 0 saturated carbocycles. The lowest BCUT2D eigenvalue weighted by atomic mass is 9.94. The van der Waals surface area contributed by atoms with Gasteiger partial charge in [0.25, 0.3) is 0 Å². The van der Waals surface area contributed by atoms with Crippen LogP contribution >= 0.6 is 12.2 Å². The largest absolute Gasteiger partial charge is 0.286 e. The molecule has 0 aliphatic carbocycles. The van der Waals surface area contributed by atoms with Crippen LogP contribution in [0.1, 0.15) is 35.4 Å². The molecule has 0 aliphatic rings. The van der Waals surface area contributed by atoms with Gasteiger partial charge in [-0.05, 0) is 48.7 Å². The highest BCUT2D eigenvalue weighted by atomic mass is 32.1. The molecule has 1 aromatic heterocycles. The topological polar surface area (TPSA) is 44.5 Å².